The Morgan fingerprint density at radius 1 is 1.17 bits per heavy atom. The average molecular weight is 448 g/mol. The second-order valence-electron chi connectivity index (χ2n) is 6.72. The van der Waals surface area contributed by atoms with Crippen LogP contribution in [0, 0.1) is 0 Å². The third-order valence-electron chi connectivity index (χ3n) is 4.87. The molecule has 1 fully saturated rings. The van der Waals surface area contributed by atoms with Gasteiger partial charge in [0, 0.05) is 29.9 Å². The minimum Gasteiger partial charge on any atom is -0.459 e. The van der Waals surface area contributed by atoms with Crippen molar-refractivity contribution >= 4 is 40.5 Å². The quantitative estimate of drug-likeness (QED) is 0.518. The van der Waals surface area contributed by atoms with Gasteiger partial charge >= 0.3 is 0 Å². The van der Waals surface area contributed by atoms with Crippen LogP contribution in [-0.4, -0.2) is 33.3 Å². The molecule has 2 N–H and O–H groups in total. The number of furan rings is 1. The van der Waals surface area contributed by atoms with Gasteiger partial charge in [-0.05, 0) is 61.1 Å². The van der Waals surface area contributed by atoms with Crippen molar-refractivity contribution in [3.05, 3.63) is 76.2 Å². The van der Waals surface area contributed by atoms with Crippen molar-refractivity contribution in [1.29, 1.82) is 0 Å². The predicted molar refractivity (Wildman–Crippen MR) is 118 cm³/mol. The summed E-state index contributed by atoms with van der Waals surface area (Å²) in [5.74, 6) is 1.40. The number of nitrogens with zero attached hydrogens (tertiary/aromatic N) is 2. The fourth-order valence-corrected chi connectivity index (χ4v) is 4.38. The lowest BCUT2D eigenvalue weighted by Crippen LogP contribution is -2.30. The molecule has 3 heterocycles. The number of rotatable bonds is 6. The molecular formula is C21H19Cl2N3O2S. The second-order valence-corrected chi connectivity index (χ2v) is 7.95. The van der Waals surface area contributed by atoms with Crippen LogP contribution in [0.15, 0.2) is 59.1 Å². The van der Waals surface area contributed by atoms with Gasteiger partial charge in [0.1, 0.15) is 17.6 Å². The Hall–Kier alpha value is -2.12. The van der Waals surface area contributed by atoms with Crippen molar-refractivity contribution in [2.24, 2.45) is 0 Å². The fraction of sp³-hybridized carbons (Fsp3) is 0.238. The topological polar surface area (TPSA) is 61.5 Å². The first-order chi connectivity index (χ1) is 14.1. The van der Waals surface area contributed by atoms with E-state index in [-0.39, 0.29) is 18.7 Å². The molecule has 3 aromatic rings. The Balaban J connectivity index is 1.72. The van der Waals surface area contributed by atoms with Crippen molar-refractivity contribution in [2.45, 2.75) is 18.5 Å². The van der Waals surface area contributed by atoms with Crippen LogP contribution < -0.4 is 5.32 Å². The van der Waals surface area contributed by atoms with E-state index in [1.54, 1.807) is 18.3 Å². The molecule has 150 valence electrons. The Morgan fingerprint density at radius 3 is 2.76 bits per heavy atom. The Bertz CT molecular complexity index is 1010. The molecule has 4 rings (SSSR count). The molecule has 0 spiro atoms. The summed E-state index contributed by atoms with van der Waals surface area (Å²) in [5, 5.41) is 14.4. The van der Waals surface area contributed by atoms with Gasteiger partial charge in [0.25, 0.3) is 0 Å². The van der Waals surface area contributed by atoms with Crippen molar-refractivity contribution < 1.29 is 9.52 Å². The van der Waals surface area contributed by atoms with Gasteiger partial charge in [-0.25, -0.2) is 0 Å². The SMILES string of the molecule is OCCCN1C(=S)NC(c2ccccn2)C1c1ccc(-c2ccc(Cl)cc2Cl)o1. The molecule has 0 aliphatic carbocycles. The van der Waals surface area contributed by atoms with Gasteiger partial charge < -0.3 is 19.7 Å². The summed E-state index contributed by atoms with van der Waals surface area (Å²) in [7, 11) is 0. The van der Waals surface area contributed by atoms with Crippen LogP contribution in [0.3, 0.4) is 0 Å². The number of pyridine rings is 1. The predicted octanol–water partition coefficient (Wildman–Crippen LogP) is 5.00. The molecule has 1 aliphatic heterocycles. The minimum atomic E-state index is -0.191. The third-order valence-corrected chi connectivity index (χ3v) is 5.77. The van der Waals surface area contributed by atoms with E-state index in [0.29, 0.717) is 33.9 Å². The van der Waals surface area contributed by atoms with E-state index in [4.69, 9.17) is 39.8 Å². The van der Waals surface area contributed by atoms with E-state index in [1.165, 1.54) is 0 Å². The van der Waals surface area contributed by atoms with Crippen LogP contribution in [0.5, 0.6) is 0 Å². The molecule has 0 saturated carbocycles. The lowest BCUT2D eigenvalue weighted by atomic mass is 10.0. The highest BCUT2D eigenvalue weighted by Gasteiger charge is 2.41. The molecule has 8 heteroatoms. The summed E-state index contributed by atoms with van der Waals surface area (Å²) in [6.45, 7) is 0.692. The van der Waals surface area contributed by atoms with Gasteiger partial charge in [-0.2, -0.15) is 0 Å². The van der Waals surface area contributed by atoms with Gasteiger partial charge in [0.05, 0.1) is 16.8 Å². The normalized spacial score (nSPS) is 18.9. The summed E-state index contributed by atoms with van der Waals surface area (Å²) < 4.78 is 6.23. The van der Waals surface area contributed by atoms with Crippen molar-refractivity contribution in [3.63, 3.8) is 0 Å². The highest BCUT2D eigenvalue weighted by atomic mass is 35.5. The fourth-order valence-electron chi connectivity index (χ4n) is 3.54. The van der Waals surface area contributed by atoms with Gasteiger partial charge in [-0.1, -0.05) is 29.3 Å². The number of hydrogen-bond donors (Lipinski definition) is 2. The van der Waals surface area contributed by atoms with Crippen LogP contribution in [0.25, 0.3) is 11.3 Å². The zero-order valence-electron chi connectivity index (χ0n) is 15.4. The maximum absolute atomic E-state index is 9.31. The van der Waals surface area contributed by atoms with Crippen LogP contribution in [0.2, 0.25) is 10.0 Å². The molecule has 0 radical (unpaired) electrons. The summed E-state index contributed by atoms with van der Waals surface area (Å²) in [4.78, 5) is 6.54. The van der Waals surface area contributed by atoms with E-state index in [2.05, 4.69) is 10.3 Å². The number of aliphatic hydroxyl groups excluding tert-OH is 1. The average Bonchev–Trinajstić information content (AvgIpc) is 3.31. The molecule has 1 aromatic carbocycles. The number of nitrogens with one attached hydrogen (secondary N) is 1. The lowest BCUT2D eigenvalue weighted by molar-refractivity contribution is 0.233. The molecule has 5 nitrogen and oxygen atoms in total. The van der Waals surface area contributed by atoms with Crippen LogP contribution >= 0.6 is 35.4 Å². The van der Waals surface area contributed by atoms with E-state index in [1.807, 2.05) is 41.3 Å². The highest BCUT2D eigenvalue weighted by Crippen LogP contribution is 2.41. The maximum atomic E-state index is 9.31. The Kier molecular flexibility index (Phi) is 6.06. The van der Waals surface area contributed by atoms with Crippen LogP contribution in [0.1, 0.15) is 30.0 Å². The smallest absolute Gasteiger partial charge is 0.170 e. The Labute approximate surface area is 184 Å². The molecule has 0 bridgehead atoms. The van der Waals surface area contributed by atoms with E-state index in [9.17, 15) is 5.11 Å². The standard InChI is InChI=1S/C21H19Cl2N3O2S/c22-13-5-6-14(15(23)12-13)17-7-8-18(28-17)20-19(16-4-1-2-9-24-16)25-21(29)26(20)10-3-11-27/h1-2,4-9,12,19-20,27H,3,10-11H2,(H,25,29). The molecule has 29 heavy (non-hydrogen) atoms. The molecule has 1 saturated heterocycles. The first-order valence-corrected chi connectivity index (χ1v) is 10.4. The zero-order valence-corrected chi connectivity index (χ0v) is 17.7. The highest BCUT2D eigenvalue weighted by molar-refractivity contribution is 7.80. The third kappa shape index (κ3) is 4.12. The monoisotopic (exact) mass is 447 g/mol. The summed E-state index contributed by atoms with van der Waals surface area (Å²) in [6, 6.07) is 14.6. The molecule has 2 aromatic heterocycles. The summed E-state index contributed by atoms with van der Waals surface area (Å²) >= 11 is 17.9. The minimum absolute atomic E-state index is 0.0872. The summed E-state index contributed by atoms with van der Waals surface area (Å²) in [5.41, 5.74) is 1.64. The van der Waals surface area contributed by atoms with Gasteiger partial charge in [0.2, 0.25) is 0 Å². The van der Waals surface area contributed by atoms with Crippen molar-refractivity contribution in [1.82, 2.24) is 15.2 Å². The van der Waals surface area contributed by atoms with Gasteiger partial charge in [0.15, 0.2) is 5.11 Å². The maximum Gasteiger partial charge on any atom is 0.170 e. The number of benzene rings is 1. The zero-order chi connectivity index (χ0) is 20.4. The largest absolute Gasteiger partial charge is 0.459 e. The number of hydrogen-bond acceptors (Lipinski definition) is 4. The van der Waals surface area contributed by atoms with Gasteiger partial charge in [-0.15, -0.1) is 0 Å². The number of thiocarbonyl (C=S) groups is 1. The number of halogens is 2. The Morgan fingerprint density at radius 2 is 2.03 bits per heavy atom. The lowest BCUT2D eigenvalue weighted by Gasteiger charge is -2.25. The van der Waals surface area contributed by atoms with E-state index < -0.39 is 0 Å². The molecule has 0 amide bonds. The van der Waals surface area contributed by atoms with E-state index >= 15 is 0 Å². The van der Waals surface area contributed by atoms with Crippen molar-refractivity contribution in [3.8, 4) is 11.3 Å². The molecular weight excluding hydrogens is 429 g/mol. The first-order valence-electron chi connectivity index (χ1n) is 9.22. The number of aliphatic hydroxyl groups is 1. The molecule has 2 atom stereocenters. The molecule has 1 aliphatic rings. The van der Waals surface area contributed by atoms with Gasteiger partial charge in [-0.3, -0.25) is 4.98 Å². The van der Waals surface area contributed by atoms with Crippen molar-refractivity contribution in [2.75, 3.05) is 13.2 Å². The van der Waals surface area contributed by atoms with Crippen LogP contribution in [0.4, 0.5) is 0 Å². The van der Waals surface area contributed by atoms with E-state index in [0.717, 1.165) is 17.0 Å². The summed E-state index contributed by atoms with van der Waals surface area (Å²) in [6.07, 6.45) is 2.36. The second kappa shape index (κ2) is 8.71. The molecule has 2 unspecified atom stereocenters. The number of aromatic nitrogens is 1. The first kappa shape index (κ1) is 20.2. The van der Waals surface area contributed by atoms with Crippen LogP contribution in [-0.2, 0) is 0 Å².